The summed E-state index contributed by atoms with van der Waals surface area (Å²) in [5.74, 6) is 0.382. The predicted octanol–water partition coefficient (Wildman–Crippen LogP) is 3.72. The second kappa shape index (κ2) is 8.33. The third-order valence-corrected chi connectivity index (χ3v) is 4.31. The number of hydrogen-bond acceptors (Lipinski definition) is 4. The van der Waals surface area contributed by atoms with Crippen LogP contribution in [0.25, 0.3) is 0 Å². The maximum Gasteiger partial charge on any atom is 0.416 e. The van der Waals surface area contributed by atoms with E-state index in [-0.39, 0.29) is 12.5 Å². The van der Waals surface area contributed by atoms with E-state index in [9.17, 15) is 18.0 Å². The second-order valence-corrected chi connectivity index (χ2v) is 6.40. The molecule has 8 heteroatoms. The van der Waals surface area contributed by atoms with E-state index in [1.54, 1.807) is 7.11 Å². The number of methoxy groups -OCH3 is 1. The van der Waals surface area contributed by atoms with Gasteiger partial charge in [0, 0.05) is 19.4 Å². The number of carbonyl (C=O) groups excluding carboxylic acids is 1. The SMILES string of the molecule is COc1cccc(CC2=NOC(C(=O)NCc3ccc(C(F)(F)F)cc3)C2)c1. The molecular formula is C20H19F3N2O3. The fourth-order valence-corrected chi connectivity index (χ4v) is 2.80. The average molecular weight is 392 g/mol. The van der Waals surface area contributed by atoms with Crippen molar-refractivity contribution in [2.24, 2.45) is 5.16 Å². The number of alkyl halides is 3. The Labute approximate surface area is 160 Å². The Morgan fingerprint density at radius 1 is 1.21 bits per heavy atom. The van der Waals surface area contributed by atoms with Crippen LogP contribution in [0.15, 0.2) is 53.7 Å². The Kier molecular flexibility index (Phi) is 5.87. The van der Waals surface area contributed by atoms with Gasteiger partial charge in [-0.2, -0.15) is 13.2 Å². The number of ether oxygens (including phenoxy) is 1. The van der Waals surface area contributed by atoms with Crippen molar-refractivity contribution in [1.29, 1.82) is 0 Å². The van der Waals surface area contributed by atoms with Crippen molar-refractivity contribution in [1.82, 2.24) is 5.32 Å². The number of carbonyl (C=O) groups is 1. The molecule has 1 aliphatic heterocycles. The van der Waals surface area contributed by atoms with Crippen molar-refractivity contribution in [2.45, 2.75) is 31.7 Å². The number of oxime groups is 1. The zero-order valence-corrected chi connectivity index (χ0v) is 15.1. The maximum absolute atomic E-state index is 12.6. The van der Waals surface area contributed by atoms with Crippen molar-refractivity contribution < 1.29 is 27.5 Å². The first-order valence-electron chi connectivity index (χ1n) is 8.63. The van der Waals surface area contributed by atoms with Gasteiger partial charge in [-0.3, -0.25) is 4.79 Å². The van der Waals surface area contributed by atoms with Gasteiger partial charge in [-0.05, 0) is 35.4 Å². The summed E-state index contributed by atoms with van der Waals surface area (Å²) in [6.45, 7) is 0.113. The predicted molar refractivity (Wildman–Crippen MR) is 96.9 cm³/mol. The van der Waals surface area contributed by atoms with E-state index in [0.717, 1.165) is 29.2 Å². The van der Waals surface area contributed by atoms with Crippen LogP contribution in [-0.4, -0.2) is 24.8 Å². The Balaban J connectivity index is 1.48. The van der Waals surface area contributed by atoms with Crippen LogP contribution in [0.4, 0.5) is 13.2 Å². The summed E-state index contributed by atoms with van der Waals surface area (Å²) in [6, 6.07) is 12.2. The lowest BCUT2D eigenvalue weighted by molar-refractivity contribution is -0.137. The molecule has 0 saturated carbocycles. The van der Waals surface area contributed by atoms with Crippen LogP contribution in [0, 0.1) is 0 Å². The molecule has 1 amide bonds. The molecule has 1 aliphatic rings. The van der Waals surface area contributed by atoms with Gasteiger partial charge in [0.15, 0.2) is 0 Å². The zero-order chi connectivity index (χ0) is 20.1. The van der Waals surface area contributed by atoms with Crippen LogP contribution in [0.5, 0.6) is 5.75 Å². The van der Waals surface area contributed by atoms with Crippen LogP contribution in [0.3, 0.4) is 0 Å². The normalized spacial score (nSPS) is 16.3. The summed E-state index contributed by atoms with van der Waals surface area (Å²) in [5, 5.41) is 6.64. The molecule has 28 heavy (non-hydrogen) atoms. The molecular weight excluding hydrogens is 373 g/mol. The molecule has 2 aromatic rings. The van der Waals surface area contributed by atoms with E-state index in [2.05, 4.69) is 10.5 Å². The summed E-state index contributed by atoms with van der Waals surface area (Å²) in [6.07, 6.45) is -4.22. The van der Waals surface area contributed by atoms with Gasteiger partial charge in [-0.15, -0.1) is 0 Å². The zero-order valence-electron chi connectivity index (χ0n) is 15.1. The number of halogens is 3. The lowest BCUT2D eigenvalue weighted by atomic mass is 10.0. The minimum Gasteiger partial charge on any atom is -0.497 e. The number of amides is 1. The van der Waals surface area contributed by atoms with Crippen LogP contribution in [-0.2, 0) is 28.8 Å². The first-order valence-corrected chi connectivity index (χ1v) is 8.63. The lowest BCUT2D eigenvalue weighted by Crippen LogP contribution is -2.34. The van der Waals surface area contributed by atoms with Crippen molar-refractivity contribution in [3.63, 3.8) is 0 Å². The molecule has 3 rings (SSSR count). The topological polar surface area (TPSA) is 59.9 Å². The highest BCUT2D eigenvalue weighted by Crippen LogP contribution is 2.29. The molecule has 1 atom stereocenters. The number of hydrogen-bond donors (Lipinski definition) is 1. The molecule has 0 radical (unpaired) electrons. The van der Waals surface area contributed by atoms with E-state index >= 15 is 0 Å². The minimum atomic E-state index is -4.38. The third-order valence-electron chi connectivity index (χ3n) is 4.31. The van der Waals surface area contributed by atoms with Gasteiger partial charge in [0.25, 0.3) is 5.91 Å². The van der Waals surface area contributed by atoms with Crippen LogP contribution >= 0.6 is 0 Å². The van der Waals surface area contributed by atoms with Crippen LogP contribution in [0.2, 0.25) is 0 Å². The molecule has 0 aliphatic carbocycles. The molecule has 0 saturated heterocycles. The highest BCUT2D eigenvalue weighted by molar-refractivity contribution is 5.93. The second-order valence-electron chi connectivity index (χ2n) is 6.40. The largest absolute Gasteiger partial charge is 0.497 e. The molecule has 1 heterocycles. The molecule has 0 spiro atoms. The highest BCUT2D eigenvalue weighted by atomic mass is 19.4. The van der Waals surface area contributed by atoms with Crippen molar-refractivity contribution in [2.75, 3.05) is 7.11 Å². The first-order chi connectivity index (χ1) is 13.3. The van der Waals surface area contributed by atoms with E-state index in [4.69, 9.17) is 9.57 Å². The molecule has 0 bridgehead atoms. The van der Waals surface area contributed by atoms with Crippen LogP contribution < -0.4 is 10.1 Å². The minimum absolute atomic E-state index is 0.113. The Bertz CT molecular complexity index is 864. The Morgan fingerprint density at radius 2 is 1.96 bits per heavy atom. The Morgan fingerprint density at radius 3 is 2.64 bits per heavy atom. The number of nitrogens with one attached hydrogen (secondary N) is 1. The molecule has 5 nitrogen and oxygen atoms in total. The summed E-state index contributed by atoms with van der Waals surface area (Å²) >= 11 is 0. The first kappa shape index (κ1) is 19.7. The van der Waals surface area contributed by atoms with Crippen molar-refractivity contribution in [3.05, 3.63) is 65.2 Å². The van der Waals surface area contributed by atoms with Crippen molar-refractivity contribution in [3.8, 4) is 5.75 Å². The summed E-state index contributed by atoms with van der Waals surface area (Å²) in [4.78, 5) is 17.4. The standard InChI is InChI=1S/C20H19F3N2O3/c1-27-17-4-2-3-14(10-17)9-16-11-18(28-25-16)19(26)24-12-13-5-7-15(8-6-13)20(21,22)23/h2-8,10,18H,9,11-12H2,1H3,(H,24,26). The lowest BCUT2D eigenvalue weighted by Gasteiger charge is -2.11. The summed E-state index contributed by atoms with van der Waals surface area (Å²) < 4.78 is 42.9. The van der Waals surface area contributed by atoms with Gasteiger partial charge in [0.1, 0.15) is 5.75 Å². The Hall–Kier alpha value is -3.03. The molecule has 1 N–H and O–H groups in total. The number of benzene rings is 2. The van der Waals surface area contributed by atoms with E-state index in [0.29, 0.717) is 18.4 Å². The molecule has 0 aromatic heterocycles. The monoisotopic (exact) mass is 392 g/mol. The average Bonchev–Trinajstić information content (AvgIpc) is 3.14. The van der Waals surface area contributed by atoms with Crippen LogP contribution in [0.1, 0.15) is 23.1 Å². The van der Waals surface area contributed by atoms with Gasteiger partial charge >= 0.3 is 6.18 Å². The van der Waals surface area contributed by atoms with E-state index in [1.165, 1.54) is 12.1 Å². The van der Waals surface area contributed by atoms with Gasteiger partial charge in [-0.25, -0.2) is 0 Å². The van der Waals surface area contributed by atoms with Crippen molar-refractivity contribution >= 4 is 11.6 Å². The van der Waals surface area contributed by atoms with E-state index < -0.39 is 17.8 Å². The van der Waals surface area contributed by atoms with Gasteiger partial charge in [0.05, 0.1) is 18.4 Å². The fraction of sp³-hybridized carbons (Fsp3) is 0.300. The van der Waals surface area contributed by atoms with Gasteiger partial charge < -0.3 is 14.9 Å². The van der Waals surface area contributed by atoms with E-state index in [1.807, 2.05) is 24.3 Å². The third kappa shape index (κ3) is 5.03. The maximum atomic E-state index is 12.6. The molecule has 148 valence electrons. The molecule has 1 unspecified atom stereocenters. The highest BCUT2D eigenvalue weighted by Gasteiger charge is 2.30. The van der Waals surface area contributed by atoms with Gasteiger partial charge in [0.2, 0.25) is 6.10 Å². The number of rotatable bonds is 6. The molecule has 0 fully saturated rings. The smallest absolute Gasteiger partial charge is 0.416 e. The molecule has 2 aromatic carbocycles. The summed E-state index contributed by atoms with van der Waals surface area (Å²) in [5.41, 5.74) is 1.57. The quantitative estimate of drug-likeness (QED) is 0.815. The fourth-order valence-electron chi connectivity index (χ4n) is 2.80. The number of nitrogens with zero attached hydrogens (tertiary/aromatic N) is 1. The van der Waals surface area contributed by atoms with Gasteiger partial charge in [-0.1, -0.05) is 29.4 Å². The summed E-state index contributed by atoms with van der Waals surface area (Å²) in [7, 11) is 1.59.